The molecule has 146 valence electrons. The molecule has 0 unspecified atom stereocenters. The zero-order chi connectivity index (χ0) is 20.3. The van der Waals surface area contributed by atoms with Gasteiger partial charge in [-0.2, -0.15) is 5.10 Å². The van der Waals surface area contributed by atoms with Crippen LogP contribution in [0.2, 0.25) is 0 Å². The minimum Gasteiger partial charge on any atom is -0.293 e. The molecule has 1 amide bonds. The first-order valence-electron chi connectivity index (χ1n) is 8.76. The number of nitrogens with one attached hydrogen (secondary N) is 1. The summed E-state index contributed by atoms with van der Waals surface area (Å²) in [7, 11) is 0. The Morgan fingerprint density at radius 3 is 2.54 bits per heavy atom. The van der Waals surface area contributed by atoms with Gasteiger partial charge < -0.3 is 0 Å². The molecule has 0 aliphatic heterocycles. The van der Waals surface area contributed by atoms with Gasteiger partial charge in [0.15, 0.2) is 0 Å². The summed E-state index contributed by atoms with van der Waals surface area (Å²) in [5, 5.41) is 22.0. The van der Waals surface area contributed by atoms with E-state index in [4.69, 9.17) is 0 Å². The van der Waals surface area contributed by atoms with E-state index in [1.165, 1.54) is 10.2 Å². The molecule has 0 saturated heterocycles. The number of hydrogen-bond acceptors (Lipinski definition) is 6. The van der Waals surface area contributed by atoms with Crippen LogP contribution in [0.1, 0.15) is 28.9 Å². The van der Waals surface area contributed by atoms with Crippen LogP contribution in [0.3, 0.4) is 0 Å². The molecule has 0 fully saturated rings. The molecule has 3 aromatic rings. The molecule has 3 rings (SSSR count). The summed E-state index contributed by atoms with van der Waals surface area (Å²) in [6.07, 6.45) is 1.66. The van der Waals surface area contributed by atoms with Gasteiger partial charge in [-0.15, -0.1) is 5.10 Å². The van der Waals surface area contributed by atoms with Gasteiger partial charge in [0.2, 0.25) is 11.9 Å². The fourth-order valence-electron chi connectivity index (χ4n) is 2.87. The molecule has 0 radical (unpaired) electrons. The topological polar surface area (TPSA) is 121 Å². The molecule has 0 bridgehead atoms. The first-order chi connectivity index (χ1) is 13.3. The van der Waals surface area contributed by atoms with Gasteiger partial charge in [-0.05, 0) is 26.3 Å². The second kappa shape index (κ2) is 7.99. The van der Waals surface area contributed by atoms with Gasteiger partial charge in [-0.1, -0.05) is 29.8 Å². The predicted octanol–water partition coefficient (Wildman–Crippen LogP) is 2.39. The highest BCUT2D eigenvalue weighted by atomic mass is 16.6. The molecular weight excluding hydrogens is 362 g/mol. The van der Waals surface area contributed by atoms with Crippen molar-refractivity contribution in [2.75, 3.05) is 5.32 Å². The summed E-state index contributed by atoms with van der Waals surface area (Å²) in [5.41, 5.74) is 3.01. The van der Waals surface area contributed by atoms with E-state index in [0.29, 0.717) is 17.9 Å². The second-order valence-corrected chi connectivity index (χ2v) is 6.55. The summed E-state index contributed by atoms with van der Waals surface area (Å²) in [5.74, 6) is -0.0697. The lowest BCUT2D eigenvalue weighted by atomic mass is 10.1. The van der Waals surface area contributed by atoms with Crippen molar-refractivity contribution in [3.8, 4) is 0 Å². The maximum Gasteiger partial charge on any atom is 0.312 e. The number of amides is 1. The minimum atomic E-state index is -0.459. The number of anilines is 1. The SMILES string of the molecule is Cc1ccc(Cn2cnc(NC(=O)CCn3nc(C)c([N+](=O)[O-])c3C)n2)cc1. The first-order valence-corrected chi connectivity index (χ1v) is 8.76. The Morgan fingerprint density at radius 2 is 1.89 bits per heavy atom. The highest BCUT2D eigenvalue weighted by molar-refractivity contribution is 5.88. The summed E-state index contributed by atoms with van der Waals surface area (Å²) in [6.45, 7) is 6.00. The average molecular weight is 383 g/mol. The van der Waals surface area contributed by atoms with E-state index in [0.717, 1.165) is 5.56 Å². The zero-order valence-corrected chi connectivity index (χ0v) is 15.9. The summed E-state index contributed by atoms with van der Waals surface area (Å²) in [4.78, 5) is 26.8. The summed E-state index contributed by atoms with van der Waals surface area (Å²) in [6, 6.07) is 8.09. The number of rotatable bonds is 7. The van der Waals surface area contributed by atoms with Gasteiger partial charge in [-0.3, -0.25) is 24.9 Å². The minimum absolute atomic E-state index is 0.0167. The van der Waals surface area contributed by atoms with Crippen molar-refractivity contribution >= 4 is 17.5 Å². The quantitative estimate of drug-likeness (QED) is 0.494. The third kappa shape index (κ3) is 4.40. The number of carbonyl (C=O) groups excluding carboxylic acids is 1. The van der Waals surface area contributed by atoms with Crippen molar-refractivity contribution in [2.45, 2.75) is 40.3 Å². The lowest BCUT2D eigenvalue weighted by Gasteiger charge is -2.04. The molecule has 10 heteroatoms. The van der Waals surface area contributed by atoms with E-state index in [1.54, 1.807) is 24.9 Å². The standard InChI is InChI=1S/C18H21N7O3/c1-12-4-6-15(7-5-12)10-23-11-19-18(22-23)20-16(26)8-9-24-14(3)17(25(27)28)13(2)21-24/h4-7,11H,8-10H2,1-3H3,(H,20,22,26). The smallest absolute Gasteiger partial charge is 0.293 e. The molecule has 0 atom stereocenters. The predicted molar refractivity (Wildman–Crippen MR) is 102 cm³/mol. The molecule has 0 spiro atoms. The van der Waals surface area contributed by atoms with Gasteiger partial charge >= 0.3 is 5.69 Å². The number of benzene rings is 1. The van der Waals surface area contributed by atoms with Crippen LogP contribution in [0, 0.1) is 30.9 Å². The van der Waals surface area contributed by atoms with Crippen LogP contribution in [0.5, 0.6) is 0 Å². The zero-order valence-electron chi connectivity index (χ0n) is 15.9. The van der Waals surface area contributed by atoms with Crippen LogP contribution in [0.25, 0.3) is 0 Å². The Labute approximate surface area is 161 Å². The van der Waals surface area contributed by atoms with Gasteiger partial charge in [0.1, 0.15) is 17.7 Å². The Bertz CT molecular complexity index is 1000. The first kappa shape index (κ1) is 19.2. The third-order valence-corrected chi connectivity index (χ3v) is 4.33. The van der Waals surface area contributed by atoms with Crippen LogP contribution in [-0.2, 0) is 17.9 Å². The Kier molecular flexibility index (Phi) is 5.48. The van der Waals surface area contributed by atoms with E-state index in [9.17, 15) is 14.9 Å². The number of aromatic nitrogens is 5. The van der Waals surface area contributed by atoms with E-state index in [1.807, 2.05) is 31.2 Å². The number of hydrogen-bond donors (Lipinski definition) is 1. The molecule has 0 saturated carbocycles. The highest BCUT2D eigenvalue weighted by Crippen LogP contribution is 2.21. The molecule has 10 nitrogen and oxygen atoms in total. The van der Waals surface area contributed by atoms with Crippen molar-refractivity contribution in [3.05, 3.63) is 63.2 Å². The van der Waals surface area contributed by atoms with Crippen molar-refractivity contribution in [2.24, 2.45) is 0 Å². The summed E-state index contributed by atoms with van der Waals surface area (Å²) >= 11 is 0. The van der Waals surface area contributed by atoms with E-state index in [2.05, 4.69) is 20.5 Å². The Balaban J connectivity index is 1.56. The van der Waals surface area contributed by atoms with Gasteiger partial charge in [0.25, 0.3) is 0 Å². The van der Waals surface area contributed by atoms with E-state index < -0.39 is 4.92 Å². The van der Waals surface area contributed by atoms with Gasteiger partial charge in [0.05, 0.1) is 18.0 Å². The molecule has 1 N–H and O–H groups in total. The Hall–Kier alpha value is -3.56. The van der Waals surface area contributed by atoms with E-state index >= 15 is 0 Å². The number of nitrogens with zero attached hydrogens (tertiary/aromatic N) is 6. The fourth-order valence-corrected chi connectivity index (χ4v) is 2.87. The monoisotopic (exact) mass is 383 g/mol. The fraction of sp³-hybridized carbons (Fsp3) is 0.333. The van der Waals surface area contributed by atoms with Crippen LogP contribution >= 0.6 is 0 Å². The maximum absolute atomic E-state index is 12.2. The maximum atomic E-state index is 12.2. The summed E-state index contributed by atoms with van der Waals surface area (Å²) < 4.78 is 3.11. The molecule has 0 aliphatic carbocycles. The van der Waals surface area contributed by atoms with Crippen LogP contribution in [0.4, 0.5) is 11.6 Å². The van der Waals surface area contributed by atoms with Crippen molar-refractivity contribution in [1.82, 2.24) is 24.5 Å². The number of aryl methyl sites for hydroxylation is 3. The Morgan fingerprint density at radius 1 is 1.18 bits per heavy atom. The van der Waals surface area contributed by atoms with Crippen LogP contribution in [0.15, 0.2) is 30.6 Å². The van der Waals surface area contributed by atoms with Crippen molar-refractivity contribution in [3.63, 3.8) is 0 Å². The van der Waals surface area contributed by atoms with Crippen molar-refractivity contribution < 1.29 is 9.72 Å². The molecule has 28 heavy (non-hydrogen) atoms. The van der Waals surface area contributed by atoms with Crippen molar-refractivity contribution in [1.29, 1.82) is 0 Å². The molecule has 1 aromatic carbocycles. The lowest BCUT2D eigenvalue weighted by molar-refractivity contribution is -0.386. The van der Waals surface area contributed by atoms with Crippen LogP contribution < -0.4 is 5.32 Å². The third-order valence-electron chi connectivity index (χ3n) is 4.33. The number of nitro groups is 1. The van der Waals surface area contributed by atoms with Gasteiger partial charge in [-0.25, -0.2) is 9.67 Å². The normalized spacial score (nSPS) is 10.8. The molecule has 0 aliphatic rings. The largest absolute Gasteiger partial charge is 0.312 e. The molecule has 2 heterocycles. The highest BCUT2D eigenvalue weighted by Gasteiger charge is 2.21. The second-order valence-electron chi connectivity index (χ2n) is 6.55. The van der Waals surface area contributed by atoms with E-state index in [-0.39, 0.29) is 30.5 Å². The van der Waals surface area contributed by atoms with Crippen LogP contribution in [-0.4, -0.2) is 35.4 Å². The van der Waals surface area contributed by atoms with Gasteiger partial charge in [0, 0.05) is 6.42 Å². The lowest BCUT2D eigenvalue weighted by Crippen LogP contribution is -2.16. The number of carbonyl (C=O) groups is 1. The average Bonchev–Trinajstić information content (AvgIpc) is 3.18. The molecule has 2 aromatic heterocycles. The molecular formula is C18H21N7O3.